The minimum Gasteiger partial charge on any atom is -0.497 e. The fourth-order valence-corrected chi connectivity index (χ4v) is 4.45. The van der Waals surface area contributed by atoms with Gasteiger partial charge in [-0.3, -0.25) is 9.10 Å². The molecule has 0 saturated heterocycles. The van der Waals surface area contributed by atoms with Crippen LogP contribution in [0.2, 0.25) is 5.02 Å². The SMILES string of the molecule is COc1ccc(N(CCCC(=O)Nc2cc(Cl)ccc2Oc2cccc(OC)c2)S(C)(=O)=O)cc1. The molecule has 0 heterocycles. The van der Waals surface area contributed by atoms with Crippen molar-refractivity contribution in [2.24, 2.45) is 0 Å². The highest BCUT2D eigenvalue weighted by Crippen LogP contribution is 2.33. The molecule has 3 aromatic rings. The maximum atomic E-state index is 12.7. The summed E-state index contributed by atoms with van der Waals surface area (Å²) in [6.07, 6.45) is 1.52. The minimum absolute atomic E-state index is 0.0906. The molecule has 8 nitrogen and oxygen atoms in total. The normalized spacial score (nSPS) is 11.0. The standard InChI is InChI=1S/C25H27ClN2O6S/c1-32-20-12-10-19(11-13-20)28(35(3,30)31)15-5-8-25(29)27-23-16-18(26)9-14-24(23)34-22-7-4-6-21(17-22)33-2/h4,6-7,9-14,16-17H,5,8,15H2,1-3H3,(H,27,29). The molecule has 3 rings (SSSR count). The van der Waals surface area contributed by atoms with Gasteiger partial charge in [0, 0.05) is 24.1 Å². The Hall–Kier alpha value is -3.43. The van der Waals surface area contributed by atoms with Crippen molar-refractivity contribution < 1.29 is 27.4 Å². The number of methoxy groups -OCH3 is 2. The quantitative estimate of drug-likeness (QED) is 0.368. The van der Waals surface area contributed by atoms with Crippen molar-refractivity contribution in [3.63, 3.8) is 0 Å². The van der Waals surface area contributed by atoms with Gasteiger partial charge < -0.3 is 19.5 Å². The van der Waals surface area contributed by atoms with Gasteiger partial charge in [0.15, 0.2) is 5.75 Å². The van der Waals surface area contributed by atoms with Gasteiger partial charge in [-0.25, -0.2) is 8.42 Å². The first kappa shape index (κ1) is 26.2. The van der Waals surface area contributed by atoms with Gasteiger partial charge in [0.05, 0.1) is 31.9 Å². The van der Waals surface area contributed by atoms with Gasteiger partial charge in [-0.05, 0) is 61.0 Å². The molecule has 35 heavy (non-hydrogen) atoms. The lowest BCUT2D eigenvalue weighted by atomic mass is 10.2. The highest BCUT2D eigenvalue weighted by atomic mass is 35.5. The van der Waals surface area contributed by atoms with Crippen LogP contribution in [0.15, 0.2) is 66.7 Å². The van der Waals surface area contributed by atoms with Crippen molar-refractivity contribution in [1.29, 1.82) is 0 Å². The second-order valence-electron chi connectivity index (χ2n) is 7.61. The van der Waals surface area contributed by atoms with Gasteiger partial charge in [-0.2, -0.15) is 0 Å². The molecule has 1 N–H and O–H groups in total. The molecule has 0 aliphatic carbocycles. The van der Waals surface area contributed by atoms with Crippen LogP contribution in [-0.2, 0) is 14.8 Å². The average Bonchev–Trinajstić information content (AvgIpc) is 2.83. The van der Waals surface area contributed by atoms with Gasteiger partial charge in [0.2, 0.25) is 15.9 Å². The Morgan fingerprint density at radius 3 is 2.29 bits per heavy atom. The van der Waals surface area contributed by atoms with Crippen LogP contribution >= 0.6 is 11.6 Å². The lowest BCUT2D eigenvalue weighted by molar-refractivity contribution is -0.116. The summed E-state index contributed by atoms with van der Waals surface area (Å²) in [7, 11) is -0.435. The monoisotopic (exact) mass is 518 g/mol. The van der Waals surface area contributed by atoms with Crippen LogP contribution in [0.3, 0.4) is 0 Å². The molecule has 0 saturated carbocycles. The maximum absolute atomic E-state index is 12.7. The van der Waals surface area contributed by atoms with Crippen LogP contribution in [0.4, 0.5) is 11.4 Å². The lowest BCUT2D eigenvalue weighted by Gasteiger charge is -2.22. The van der Waals surface area contributed by atoms with Gasteiger partial charge in [-0.15, -0.1) is 0 Å². The van der Waals surface area contributed by atoms with Crippen LogP contribution < -0.4 is 23.8 Å². The molecule has 0 aliphatic rings. The number of halogens is 1. The van der Waals surface area contributed by atoms with E-state index in [2.05, 4.69) is 5.32 Å². The number of rotatable bonds is 11. The van der Waals surface area contributed by atoms with Crippen molar-refractivity contribution in [2.75, 3.05) is 36.6 Å². The zero-order valence-electron chi connectivity index (χ0n) is 19.7. The lowest BCUT2D eigenvalue weighted by Crippen LogP contribution is -2.31. The fraction of sp³-hybridized carbons (Fsp3) is 0.240. The van der Waals surface area contributed by atoms with E-state index in [1.54, 1.807) is 73.8 Å². The predicted octanol–water partition coefficient (Wildman–Crippen LogP) is 5.33. The van der Waals surface area contributed by atoms with E-state index >= 15 is 0 Å². The summed E-state index contributed by atoms with van der Waals surface area (Å²) in [5.41, 5.74) is 0.901. The number of nitrogens with zero attached hydrogens (tertiary/aromatic N) is 1. The third-order valence-electron chi connectivity index (χ3n) is 5.01. The molecule has 0 spiro atoms. The smallest absolute Gasteiger partial charge is 0.232 e. The summed E-state index contributed by atoms with van der Waals surface area (Å²) in [5, 5.41) is 3.23. The Kier molecular flexibility index (Phi) is 8.84. The number of anilines is 2. The first-order chi connectivity index (χ1) is 16.7. The number of amides is 1. The van der Waals surface area contributed by atoms with Crippen LogP contribution in [0, 0.1) is 0 Å². The number of hydrogen-bond donors (Lipinski definition) is 1. The molecule has 0 fully saturated rings. The molecule has 3 aromatic carbocycles. The first-order valence-electron chi connectivity index (χ1n) is 10.7. The summed E-state index contributed by atoms with van der Waals surface area (Å²) in [4.78, 5) is 12.7. The van der Waals surface area contributed by atoms with Crippen molar-refractivity contribution in [3.8, 4) is 23.0 Å². The number of nitrogens with one attached hydrogen (secondary N) is 1. The second-order valence-corrected chi connectivity index (χ2v) is 9.95. The van der Waals surface area contributed by atoms with Crippen LogP contribution in [0.25, 0.3) is 0 Å². The molecule has 0 aromatic heterocycles. The largest absolute Gasteiger partial charge is 0.497 e. The molecule has 0 bridgehead atoms. The zero-order valence-corrected chi connectivity index (χ0v) is 21.2. The summed E-state index contributed by atoms with van der Waals surface area (Å²) >= 11 is 6.13. The van der Waals surface area contributed by atoms with Crippen LogP contribution in [0.1, 0.15) is 12.8 Å². The molecule has 10 heteroatoms. The number of ether oxygens (including phenoxy) is 3. The van der Waals surface area contributed by atoms with Crippen molar-refractivity contribution in [2.45, 2.75) is 12.8 Å². The number of carbonyl (C=O) groups excluding carboxylic acids is 1. The highest BCUT2D eigenvalue weighted by molar-refractivity contribution is 7.92. The van der Waals surface area contributed by atoms with E-state index in [1.807, 2.05) is 0 Å². The number of benzene rings is 3. The van der Waals surface area contributed by atoms with Crippen LogP contribution in [0.5, 0.6) is 23.0 Å². The Bertz CT molecular complexity index is 1270. The van der Waals surface area contributed by atoms with Gasteiger partial charge in [-0.1, -0.05) is 17.7 Å². The van der Waals surface area contributed by atoms with Crippen LogP contribution in [-0.4, -0.2) is 41.3 Å². The van der Waals surface area contributed by atoms with E-state index in [4.69, 9.17) is 25.8 Å². The average molecular weight is 519 g/mol. The second kappa shape index (κ2) is 11.8. The molecule has 1 amide bonds. The third-order valence-corrected chi connectivity index (χ3v) is 6.44. The first-order valence-corrected chi connectivity index (χ1v) is 13.0. The van der Waals surface area contributed by atoms with Gasteiger partial charge in [0.1, 0.15) is 17.2 Å². The van der Waals surface area contributed by atoms with E-state index in [9.17, 15) is 13.2 Å². The molecular weight excluding hydrogens is 492 g/mol. The fourth-order valence-electron chi connectivity index (χ4n) is 3.31. The molecule has 0 unspecified atom stereocenters. The van der Waals surface area contributed by atoms with Crippen molar-refractivity contribution >= 4 is 38.9 Å². The molecule has 0 atom stereocenters. The topological polar surface area (TPSA) is 94.2 Å². The van der Waals surface area contributed by atoms with Crippen molar-refractivity contribution in [3.05, 3.63) is 71.8 Å². The summed E-state index contributed by atoms with van der Waals surface area (Å²) in [6, 6.07) is 18.7. The zero-order chi connectivity index (χ0) is 25.4. The number of carbonyl (C=O) groups is 1. The molecular formula is C25H27ClN2O6S. The molecule has 0 radical (unpaired) electrons. The summed E-state index contributed by atoms with van der Waals surface area (Å²) < 4.78 is 42.1. The number of hydrogen-bond acceptors (Lipinski definition) is 6. The highest BCUT2D eigenvalue weighted by Gasteiger charge is 2.18. The van der Waals surface area contributed by atoms with E-state index < -0.39 is 10.0 Å². The molecule has 0 aliphatic heterocycles. The van der Waals surface area contributed by atoms with Gasteiger partial charge in [0.25, 0.3) is 0 Å². The van der Waals surface area contributed by atoms with E-state index in [-0.39, 0.29) is 18.9 Å². The minimum atomic E-state index is -3.53. The Morgan fingerprint density at radius 2 is 1.63 bits per heavy atom. The molecule has 186 valence electrons. The number of sulfonamides is 1. The van der Waals surface area contributed by atoms with Crippen molar-refractivity contribution in [1.82, 2.24) is 0 Å². The van der Waals surface area contributed by atoms with E-state index in [1.165, 1.54) is 11.4 Å². The Morgan fingerprint density at radius 1 is 0.943 bits per heavy atom. The van der Waals surface area contributed by atoms with E-state index in [0.717, 1.165) is 6.26 Å². The third kappa shape index (κ3) is 7.53. The van der Waals surface area contributed by atoms with E-state index in [0.29, 0.717) is 45.8 Å². The maximum Gasteiger partial charge on any atom is 0.232 e. The van der Waals surface area contributed by atoms with Gasteiger partial charge >= 0.3 is 0 Å². The Labute approximate surface area is 210 Å². The summed E-state index contributed by atoms with van der Waals surface area (Å²) in [5.74, 6) is 1.90. The predicted molar refractivity (Wildman–Crippen MR) is 138 cm³/mol. The summed E-state index contributed by atoms with van der Waals surface area (Å²) in [6.45, 7) is 0.140. The Balaban J connectivity index is 1.65.